The maximum atomic E-state index is 12.2. The maximum absolute atomic E-state index is 12.2. The van der Waals surface area contributed by atoms with Crippen LogP contribution < -0.4 is 4.72 Å². The van der Waals surface area contributed by atoms with Crippen molar-refractivity contribution >= 4 is 66.6 Å². The second kappa shape index (κ2) is 6.03. The first kappa shape index (κ1) is 15.8. The van der Waals surface area contributed by atoms with E-state index in [9.17, 15) is 8.42 Å². The molecule has 0 atom stereocenters. The fraction of sp³-hybridized carbons (Fsp3) is 0. The lowest BCUT2D eigenvalue weighted by molar-refractivity contribution is 0.601. The van der Waals surface area contributed by atoms with Crippen LogP contribution in [0.1, 0.15) is 0 Å². The Kier molecular flexibility index (Phi) is 4.76. The molecule has 1 heterocycles. The molecule has 1 aromatic heterocycles. The Labute approximate surface area is 138 Å². The molecule has 0 aliphatic rings. The van der Waals surface area contributed by atoms with E-state index in [2.05, 4.69) is 30.6 Å². The molecule has 1 N–H and O–H groups in total. The summed E-state index contributed by atoms with van der Waals surface area (Å²) in [6, 6.07) is 5.44. The minimum absolute atomic E-state index is 0.0135. The number of hydrogen-bond acceptors (Lipinski definition) is 4. The molecular weight excluding hydrogens is 412 g/mol. The van der Waals surface area contributed by atoms with E-state index in [1.165, 1.54) is 24.3 Å². The molecule has 0 radical (unpaired) electrons. The van der Waals surface area contributed by atoms with Gasteiger partial charge in [0.25, 0.3) is 10.0 Å². The molecule has 1 aromatic carbocycles. The molecule has 0 unspecified atom stereocenters. The third kappa shape index (κ3) is 3.73. The highest BCUT2D eigenvalue weighted by Crippen LogP contribution is 2.26. The fourth-order valence-corrected chi connectivity index (χ4v) is 3.36. The minimum atomic E-state index is -3.83. The fourth-order valence-electron chi connectivity index (χ4n) is 1.28. The van der Waals surface area contributed by atoms with Gasteiger partial charge in [-0.05, 0) is 45.7 Å². The first-order valence-electron chi connectivity index (χ1n) is 4.96. The minimum Gasteiger partial charge on any atom is -0.263 e. The van der Waals surface area contributed by atoms with Crippen molar-refractivity contribution in [1.82, 2.24) is 9.97 Å². The van der Waals surface area contributed by atoms with Crippen molar-refractivity contribution in [1.29, 1.82) is 0 Å². The average Bonchev–Trinajstić information content (AvgIpc) is 2.30. The smallest absolute Gasteiger partial charge is 0.263 e. The van der Waals surface area contributed by atoms with Crippen LogP contribution in [0.4, 0.5) is 5.82 Å². The largest absolute Gasteiger partial charge is 0.263 e. The Morgan fingerprint density at radius 2 is 1.80 bits per heavy atom. The molecule has 0 amide bonds. The second-order valence-electron chi connectivity index (χ2n) is 3.53. The highest BCUT2D eigenvalue weighted by molar-refractivity contribution is 9.10. The van der Waals surface area contributed by atoms with Crippen molar-refractivity contribution in [3.8, 4) is 0 Å². The first-order chi connectivity index (χ1) is 9.28. The van der Waals surface area contributed by atoms with Crippen LogP contribution in [0.2, 0.25) is 15.5 Å². The molecule has 0 saturated heterocycles. The van der Waals surface area contributed by atoms with Crippen molar-refractivity contribution in [2.75, 3.05) is 4.72 Å². The van der Waals surface area contributed by atoms with E-state index in [1.807, 2.05) is 0 Å². The van der Waals surface area contributed by atoms with Crippen LogP contribution in [-0.2, 0) is 10.0 Å². The van der Waals surface area contributed by atoms with Gasteiger partial charge in [-0.2, -0.15) is 4.98 Å². The number of rotatable bonds is 3. The average molecular weight is 417 g/mol. The van der Waals surface area contributed by atoms with E-state index in [-0.39, 0.29) is 21.2 Å². The zero-order chi connectivity index (χ0) is 14.9. The number of sulfonamides is 1. The van der Waals surface area contributed by atoms with Crippen molar-refractivity contribution < 1.29 is 8.42 Å². The summed E-state index contributed by atoms with van der Waals surface area (Å²) in [7, 11) is -3.83. The SMILES string of the molecule is O=S(=O)(Nc1cc(Cl)nc(Cl)n1)c1ccc(Cl)c(Br)c1. The lowest BCUT2D eigenvalue weighted by Crippen LogP contribution is -2.14. The van der Waals surface area contributed by atoms with E-state index in [0.717, 1.165) is 0 Å². The Morgan fingerprint density at radius 1 is 1.10 bits per heavy atom. The Hall–Kier alpha value is -0.600. The molecule has 0 spiro atoms. The monoisotopic (exact) mass is 415 g/mol. The van der Waals surface area contributed by atoms with Gasteiger partial charge in [0.2, 0.25) is 5.28 Å². The van der Waals surface area contributed by atoms with Crippen LogP contribution in [0, 0.1) is 0 Å². The molecule has 106 valence electrons. The van der Waals surface area contributed by atoms with Gasteiger partial charge in [0.15, 0.2) is 0 Å². The predicted octanol–water partition coefficient (Wildman–Crippen LogP) is 4.00. The molecule has 2 rings (SSSR count). The number of halogens is 4. The van der Waals surface area contributed by atoms with Gasteiger partial charge in [0.05, 0.1) is 9.92 Å². The van der Waals surface area contributed by atoms with Crippen molar-refractivity contribution in [2.45, 2.75) is 4.90 Å². The lowest BCUT2D eigenvalue weighted by Gasteiger charge is -2.08. The van der Waals surface area contributed by atoms with Crippen molar-refractivity contribution in [3.05, 3.63) is 44.2 Å². The van der Waals surface area contributed by atoms with E-state index < -0.39 is 10.0 Å². The van der Waals surface area contributed by atoms with Crippen LogP contribution in [0.25, 0.3) is 0 Å². The molecule has 20 heavy (non-hydrogen) atoms. The number of hydrogen-bond donors (Lipinski definition) is 1. The highest BCUT2D eigenvalue weighted by atomic mass is 79.9. The summed E-state index contributed by atoms with van der Waals surface area (Å²) >= 11 is 20.3. The molecule has 2 aromatic rings. The van der Waals surface area contributed by atoms with Crippen LogP contribution in [0.5, 0.6) is 0 Å². The summed E-state index contributed by atoms with van der Waals surface area (Å²) in [5, 5.41) is 0.268. The Balaban J connectivity index is 2.37. The van der Waals surface area contributed by atoms with Gasteiger partial charge in [-0.25, -0.2) is 13.4 Å². The number of anilines is 1. The van der Waals surface area contributed by atoms with Gasteiger partial charge >= 0.3 is 0 Å². The normalized spacial score (nSPS) is 11.4. The van der Waals surface area contributed by atoms with E-state index in [0.29, 0.717) is 9.50 Å². The molecule has 0 bridgehead atoms. The third-order valence-corrected chi connectivity index (χ3v) is 5.04. The van der Waals surface area contributed by atoms with Gasteiger partial charge in [-0.3, -0.25) is 4.72 Å². The van der Waals surface area contributed by atoms with Crippen LogP contribution in [-0.4, -0.2) is 18.4 Å². The zero-order valence-electron chi connectivity index (χ0n) is 9.44. The van der Waals surface area contributed by atoms with E-state index in [4.69, 9.17) is 34.8 Å². The van der Waals surface area contributed by atoms with Gasteiger partial charge in [-0.15, -0.1) is 0 Å². The van der Waals surface area contributed by atoms with Gasteiger partial charge < -0.3 is 0 Å². The summed E-state index contributed by atoms with van der Waals surface area (Å²) in [4.78, 5) is 7.36. The van der Waals surface area contributed by atoms with Crippen LogP contribution in [0.3, 0.4) is 0 Å². The molecule has 0 saturated carbocycles. The van der Waals surface area contributed by atoms with Crippen molar-refractivity contribution in [3.63, 3.8) is 0 Å². The molecule has 5 nitrogen and oxygen atoms in total. The van der Waals surface area contributed by atoms with E-state index >= 15 is 0 Å². The molecule has 10 heteroatoms. The summed E-state index contributed by atoms with van der Waals surface area (Å²) in [5.74, 6) is -0.0268. The van der Waals surface area contributed by atoms with Gasteiger partial charge in [0.1, 0.15) is 11.0 Å². The predicted molar refractivity (Wildman–Crippen MR) is 82.0 cm³/mol. The summed E-state index contributed by atoms with van der Waals surface area (Å²) in [5.41, 5.74) is 0. The van der Waals surface area contributed by atoms with Crippen LogP contribution >= 0.6 is 50.7 Å². The topological polar surface area (TPSA) is 72.0 Å². The van der Waals surface area contributed by atoms with Gasteiger partial charge in [-0.1, -0.05) is 23.2 Å². The molecule has 0 aliphatic heterocycles. The van der Waals surface area contributed by atoms with Gasteiger partial charge in [0, 0.05) is 10.5 Å². The van der Waals surface area contributed by atoms with E-state index in [1.54, 1.807) is 0 Å². The summed E-state index contributed by atoms with van der Waals surface area (Å²) in [6.45, 7) is 0. The van der Waals surface area contributed by atoms with Crippen molar-refractivity contribution in [2.24, 2.45) is 0 Å². The number of nitrogens with zero attached hydrogens (tertiary/aromatic N) is 2. The number of benzene rings is 1. The molecular formula is C10H5BrCl3N3O2S. The first-order valence-corrected chi connectivity index (χ1v) is 8.37. The van der Waals surface area contributed by atoms with Crippen LogP contribution in [0.15, 0.2) is 33.6 Å². The summed E-state index contributed by atoms with van der Waals surface area (Å²) in [6.07, 6.45) is 0. The second-order valence-corrected chi connectivity index (χ2v) is 7.20. The summed E-state index contributed by atoms with van der Waals surface area (Å²) < 4.78 is 27.0. The third-order valence-electron chi connectivity index (χ3n) is 2.11. The Morgan fingerprint density at radius 3 is 2.40 bits per heavy atom. The number of nitrogens with one attached hydrogen (secondary N) is 1. The molecule has 0 aliphatic carbocycles. The Bertz CT molecular complexity index is 750. The lowest BCUT2D eigenvalue weighted by atomic mass is 10.4. The number of aromatic nitrogens is 2. The maximum Gasteiger partial charge on any atom is 0.263 e. The zero-order valence-corrected chi connectivity index (χ0v) is 14.1. The standard InChI is InChI=1S/C10H5BrCl3N3O2S/c11-6-3-5(1-2-7(6)12)20(18,19)17-9-4-8(13)15-10(14)16-9/h1-4H,(H,15,16,17). The highest BCUT2D eigenvalue weighted by Gasteiger charge is 2.17. The quantitative estimate of drug-likeness (QED) is 0.605. The molecule has 0 fully saturated rings.